The van der Waals surface area contributed by atoms with E-state index in [1.54, 1.807) is 6.08 Å². The average molecular weight is 408 g/mol. The molecule has 4 rings (SSSR count). The minimum absolute atomic E-state index is 0.0167. The largest absolute Gasteiger partial charge is 0.478 e. The van der Waals surface area contributed by atoms with Crippen molar-refractivity contribution in [1.29, 1.82) is 0 Å². The van der Waals surface area contributed by atoms with Crippen LogP contribution in [-0.4, -0.2) is 15.6 Å². The number of aliphatic carboxylic acids is 1. The molecule has 1 aliphatic carbocycles. The zero-order valence-corrected chi connectivity index (χ0v) is 16.1. The molecular weight excluding hydrogens is 390 g/mol. The Labute approximate surface area is 160 Å². The summed E-state index contributed by atoms with van der Waals surface area (Å²) in [5.74, 6) is -0.929. The number of fused-ring (bicyclic) bond motifs is 3. The van der Waals surface area contributed by atoms with Crippen LogP contribution in [0.4, 0.5) is 0 Å². The summed E-state index contributed by atoms with van der Waals surface area (Å²) in [7, 11) is 2.05. The van der Waals surface area contributed by atoms with Crippen molar-refractivity contribution in [2.75, 3.05) is 0 Å². The lowest BCUT2D eigenvalue weighted by molar-refractivity contribution is -0.132. The van der Waals surface area contributed by atoms with Crippen LogP contribution < -0.4 is 0 Å². The molecule has 0 aliphatic heterocycles. The Balaban J connectivity index is 2.17. The van der Waals surface area contributed by atoms with E-state index in [0.29, 0.717) is 5.57 Å². The number of nitrogens with zero attached hydrogens (tertiary/aromatic N) is 1. The van der Waals surface area contributed by atoms with Gasteiger partial charge in [0.1, 0.15) is 0 Å². The molecule has 3 nitrogen and oxygen atoms in total. The maximum absolute atomic E-state index is 12.0. The van der Waals surface area contributed by atoms with Gasteiger partial charge >= 0.3 is 5.97 Å². The SMILES string of the molecule is C[C@@H]1C=CC(Br)=CC(C(=O)O)=C1c1cccc2c1c1ccccc1n2C. The number of carboxylic acid groups (broad SMARTS) is 1. The molecule has 0 spiro atoms. The minimum atomic E-state index is -0.912. The van der Waals surface area contributed by atoms with Gasteiger partial charge in [0.15, 0.2) is 0 Å². The van der Waals surface area contributed by atoms with Crippen molar-refractivity contribution in [3.8, 4) is 0 Å². The highest BCUT2D eigenvalue weighted by molar-refractivity contribution is 9.11. The Morgan fingerprint density at radius 2 is 1.85 bits per heavy atom. The molecule has 1 aliphatic rings. The van der Waals surface area contributed by atoms with Crippen LogP contribution in [0.25, 0.3) is 27.4 Å². The highest BCUT2D eigenvalue weighted by Gasteiger charge is 2.23. The monoisotopic (exact) mass is 407 g/mol. The maximum atomic E-state index is 12.0. The molecular formula is C22H18BrNO2. The van der Waals surface area contributed by atoms with E-state index in [4.69, 9.17) is 0 Å². The molecule has 1 atom stereocenters. The van der Waals surface area contributed by atoms with Gasteiger partial charge in [-0.3, -0.25) is 0 Å². The van der Waals surface area contributed by atoms with Crippen molar-refractivity contribution < 1.29 is 9.90 Å². The fourth-order valence-corrected chi connectivity index (χ4v) is 4.22. The molecule has 2 aromatic carbocycles. The Morgan fingerprint density at radius 3 is 2.62 bits per heavy atom. The number of carbonyl (C=O) groups is 1. The van der Waals surface area contributed by atoms with E-state index >= 15 is 0 Å². The molecule has 0 bridgehead atoms. The molecule has 0 saturated carbocycles. The van der Waals surface area contributed by atoms with Crippen molar-refractivity contribution in [1.82, 2.24) is 4.57 Å². The summed E-state index contributed by atoms with van der Waals surface area (Å²) in [5, 5.41) is 12.1. The number of hydrogen-bond donors (Lipinski definition) is 1. The predicted molar refractivity (Wildman–Crippen MR) is 110 cm³/mol. The van der Waals surface area contributed by atoms with E-state index in [2.05, 4.69) is 38.7 Å². The molecule has 4 heteroatoms. The van der Waals surface area contributed by atoms with Crippen LogP contribution in [0, 0.1) is 5.92 Å². The average Bonchev–Trinajstić information content (AvgIpc) is 2.83. The van der Waals surface area contributed by atoms with Gasteiger partial charge in [-0.1, -0.05) is 65.3 Å². The van der Waals surface area contributed by atoms with Gasteiger partial charge in [-0.05, 0) is 29.3 Å². The van der Waals surface area contributed by atoms with E-state index in [-0.39, 0.29) is 5.92 Å². The zero-order valence-electron chi connectivity index (χ0n) is 14.5. The molecule has 0 unspecified atom stereocenters. The lowest BCUT2D eigenvalue weighted by Gasteiger charge is -2.16. The second-order valence-corrected chi connectivity index (χ2v) is 7.50. The van der Waals surface area contributed by atoms with Gasteiger partial charge in [0.2, 0.25) is 0 Å². The third kappa shape index (κ3) is 2.53. The van der Waals surface area contributed by atoms with Crippen molar-refractivity contribution in [2.24, 2.45) is 13.0 Å². The predicted octanol–water partition coefficient (Wildman–Crippen LogP) is 5.65. The minimum Gasteiger partial charge on any atom is -0.478 e. The molecule has 0 amide bonds. The fourth-order valence-electron chi connectivity index (χ4n) is 3.84. The van der Waals surface area contributed by atoms with E-state index in [1.807, 2.05) is 50.4 Å². The Bertz CT molecular complexity index is 1150. The molecule has 0 radical (unpaired) electrons. The molecule has 0 saturated heterocycles. The molecule has 26 heavy (non-hydrogen) atoms. The van der Waals surface area contributed by atoms with Crippen molar-refractivity contribution in [3.05, 3.63) is 76.3 Å². The van der Waals surface area contributed by atoms with E-state index < -0.39 is 5.97 Å². The Hall–Kier alpha value is -2.59. The van der Waals surface area contributed by atoms with Gasteiger partial charge in [-0.15, -0.1) is 0 Å². The van der Waals surface area contributed by atoms with E-state index in [0.717, 1.165) is 37.4 Å². The normalized spacial score (nSPS) is 17.7. The molecule has 3 aromatic rings. The van der Waals surface area contributed by atoms with Crippen LogP contribution in [0.2, 0.25) is 0 Å². The number of rotatable bonds is 2. The number of aryl methyl sites for hydroxylation is 1. The summed E-state index contributed by atoms with van der Waals surface area (Å²) >= 11 is 3.44. The summed E-state index contributed by atoms with van der Waals surface area (Å²) in [6.07, 6.45) is 5.65. The molecule has 1 heterocycles. The first-order valence-corrected chi connectivity index (χ1v) is 9.27. The first-order chi connectivity index (χ1) is 12.5. The standard InChI is InChI=1S/C22H18BrNO2/c1-13-10-11-14(23)12-17(22(25)26)20(13)16-7-5-9-19-21(16)15-6-3-4-8-18(15)24(19)2/h3-13H,1-2H3,(H,25,26)/t13-/m1/s1. The highest BCUT2D eigenvalue weighted by Crippen LogP contribution is 2.40. The van der Waals surface area contributed by atoms with Gasteiger partial charge in [0.25, 0.3) is 0 Å². The first-order valence-electron chi connectivity index (χ1n) is 8.48. The number of halogens is 1. The van der Waals surface area contributed by atoms with Crippen LogP contribution in [-0.2, 0) is 11.8 Å². The lowest BCUT2D eigenvalue weighted by atomic mass is 9.87. The summed E-state index contributed by atoms with van der Waals surface area (Å²) in [6.45, 7) is 2.04. The van der Waals surface area contributed by atoms with Crippen molar-refractivity contribution >= 4 is 49.3 Å². The van der Waals surface area contributed by atoms with Crippen LogP contribution in [0.5, 0.6) is 0 Å². The maximum Gasteiger partial charge on any atom is 0.336 e. The van der Waals surface area contributed by atoms with Gasteiger partial charge in [0.05, 0.1) is 5.57 Å². The molecule has 130 valence electrons. The fraction of sp³-hybridized carbons (Fsp3) is 0.136. The number of aromatic nitrogens is 1. The number of hydrogen-bond acceptors (Lipinski definition) is 1. The van der Waals surface area contributed by atoms with Crippen LogP contribution >= 0.6 is 15.9 Å². The number of benzene rings is 2. The zero-order chi connectivity index (χ0) is 18.4. The summed E-state index contributed by atoms with van der Waals surface area (Å²) in [4.78, 5) is 12.0. The number of para-hydroxylation sites is 1. The lowest BCUT2D eigenvalue weighted by Crippen LogP contribution is -2.06. The van der Waals surface area contributed by atoms with Crippen molar-refractivity contribution in [2.45, 2.75) is 6.92 Å². The second-order valence-electron chi connectivity index (χ2n) is 6.59. The van der Waals surface area contributed by atoms with Gasteiger partial charge < -0.3 is 9.67 Å². The van der Waals surface area contributed by atoms with Crippen LogP contribution in [0.3, 0.4) is 0 Å². The third-order valence-electron chi connectivity index (χ3n) is 5.03. The van der Waals surface area contributed by atoms with Crippen LogP contribution in [0.1, 0.15) is 12.5 Å². The first kappa shape index (κ1) is 16.9. The molecule has 1 N–H and O–H groups in total. The van der Waals surface area contributed by atoms with E-state index in [9.17, 15) is 9.90 Å². The summed E-state index contributed by atoms with van der Waals surface area (Å²) in [5.41, 5.74) is 4.39. The third-order valence-corrected chi connectivity index (χ3v) is 5.52. The highest BCUT2D eigenvalue weighted by atomic mass is 79.9. The van der Waals surface area contributed by atoms with Crippen LogP contribution in [0.15, 0.2) is 70.7 Å². The second kappa shape index (κ2) is 6.29. The van der Waals surface area contributed by atoms with E-state index in [1.165, 1.54) is 0 Å². The summed E-state index contributed by atoms with van der Waals surface area (Å²) in [6, 6.07) is 14.4. The Morgan fingerprint density at radius 1 is 1.12 bits per heavy atom. The summed E-state index contributed by atoms with van der Waals surface area (Å²) < 4.78 is 2.93. The molecule has 0 fully saturated rings. The number of allylic oxidation sites excluding steroid dienone is 4. The smallest absolute Gasteiger partial charge is 0.336 e. The quantitative estimate of drug-likeness (QED) is 0.595. The Kier molecular flexibility index (Phi) is 4.08. The van der Waals surface area contributed by atoms with Gasteiger partial charge in [0, 0.05) is 39.3 Å². The topological polar surface area (TPSA) is 42.2 Å². The molecule has 1 aromatic heterocycles. The number of carboxylic acids is 1. The van der Waals surface area contributed by atoms with Gasteiger partial charge in [-0.25, -0.2) is 4.79 Å². The van der Waals surface area contributed by atoms with Crippen molar-refractivity contribution in [3.63, 3.8) is 0 Å². The van der Waals surface area contributed by atoms with Gasteiger partial charge in [-0.2, -0.15) is 0 Å².